The maximum absolute atomic E-state index is 12.6. The van der Waals surface area contributed by atoms with Crippen molar-refractivity contribution < 1.29 is 14.7 Å². The number of carbonyl (C=O) groups is 2. The lowest BCUT2D eigenvalue weighted by Gasteiger charge is -2.18. The highest BCUT2D eigenvalue weighted by molar-refractivity contribution is 5.98. The Kier molecular flexibility index (Phi) is 4.26. The normalized spacial score (nSPS) is 20.7. The molecule has 7 nitrogen and oxygen atoms in total. The molecule has 3 rings (SSSR count). The monoisotopic (exact) mass is 330 g/mol. The van der Waals surface area contributed by atoms with Crippen molar-refractivity contribution in [1.82, 2.24) is 20.1 Å². The molecule has 0 bridgehead atoms. The van der Waals surface area contributed by atoms with E-state index in [4.69, 9.17) is 0 Å². The zero-order valence-corrected chi connectivity index (χ0v) is 14.1. The van der Waals surface area contributed by atoms with E-state index in [-0.39, 0.29) is 18.0 Å². The molecule has 7 heteroatoms. The molecule has 2 atom stereocenters. The molecule has 24 heavy (non-hydrogen) atoms. The summed E-state index contributed by atoms with van der Waals surface area (Å²) < 4.78 is 1.82. The van der Waals surface area contributed by atoms with Crippen LogP contribution in [0.2, 0.25) is 0 Å². The molecule has 0 unspecified atom stereocenters. The van der Waals surface area contributed by atoms with E-state index in [1.165, 1.54) is 0 Å². The number of nitrogens with zero attached hydrogens (tertiary/aromatic N) is 3. The third kappa shape index (κ3) is 2.86. The predicted molar refractivity (Wildman–Crippen MR) is 88.9 cm³/mol. The lowest BCUT2D eigenvalue weighted by Crippen LogP contribution is -2.40. The molecule has 0 radical (unpaired) electrons. The Hall–Kier alpha value is -2.44. The first kappa shape index (κ1) is 16.4. The van der Waals surface area contributed by atoms with Crippen LogP contribution in [-0.2, 0) is 4.79 Å². The first-order valence-corrected chi connectivity index (χ1v) is 8.27. The predicted octanol–water partition coefficient (Wildman–Crippen LogP) is 2.30. The molecular formula is C17H22N4O3. The third-order valence-corrected chi connectivity index (χ3v) is 4.64. The number of rotatable bonds is 4. The van der Waals surface area contributed by atoms with Crippen LogP contribution in [-0.4, -0.2) is 37.8 Å². The number of pyridine rings is 1. The Morgan fingerprint density at radius 3 is 2.79 bits per heavy atom. The maximum Gasteiger partial charge on any atom is 0.308 e. The van der Waals surface area contributed by atoms with Gasteiger partial charge in [-0.15, -0.1) is 0 Å². The molecule has 0 aromatic carbocycles. The number of fused-ring (bicyclic) bond motifs is 1. The average molecular weight is 330 g/mol. The van der Waals surface area contributed by atoms with Gasteiger partial charge < -0.3 is 10.4 Å². The first-order chi connectivity index (χ1) is 11.4. The SMILES string of the molecule is Cc1nc2c(cnn2C(C)C)cc1C(=O)N[C@@H]1CCC[C@@H]1C(=O)O. The molecule has 1 amide bonds. The zero-order valence-electron chi connectivity index (χ0n) is 14.1. The van der Waals surface area contributed by atoms with E-state index < -0.39 is 11.9 Å². The molecule has 1 saturated carbocycles. The molecule has 0 saturated heterocycles. The van der Waals surface area contributed by atoms with Gasteiger partial charge in [0.1, 0.15) is 0 Å². The minimum Gasteiger partial charge on any atom is -0.481 e. The molecular weight excluding hydrogens is 308 g/mol. The van der Waals surface area contributed by atoms with Crippen molar-refractivity contribution in [3.8, 4) is 0 Å². The number of carboxylic acid groups (broad SMARTS) is 1. The summed E-state index contributed by atoms with van der Waals surface area (Å²) in [5.41, 5.74) is 1.84. The van der Waals surface area contributed by atoms with Gasteiger partial charge in [-0.3, -0.25) is 9.59 Å². The van der Waals surface area contributed by atoms with E-state index in [9.17, 15) is 14.7 Å². The van der Waals surface area contributed by atoms with Crippen molar-refractivity contribution in [2.75, 3.05) is 0 Å². The number of hydrogen-bond acceptors (Lipinski definition) is 4. The molecule has 2 aromatic rings. The van der Waals surface area contributed by atoms with E-state index in [1.807, 2.05) is 18.5 Å². The van der Waals surface area contributed by atoms with Crippen LogP contribution in [0.5, 0.6) is 0 Å². The molecule has 2 heterocycles. The van der Waals surface area contributed by atoms with Crippen LogP contribution < -0.4 is 5.32 Å². The Labute approximate surface area is 140 Å². The fourth-order valence-corrected chi connectivity index (χ4v) is 3.35. The van der Waals surface area contributed by atoms with E-state index in [1.54, 1.807) is 19.2 Å². The molecule has 128 valence electrons. The summed E-state index contributed by atoms with van der Waals surface area (Å²) in [6, 6.07) is 1.65. The Morgan fingerprint density at radius 1 is 1.38 bits per heavy atom. The van der Waals surface area contributed by atoms with Gasteiger partial charge in [0.2, 0.25) is 0 Å². The van der Waals surface area contributed by atoms with Crippen LogP contribution in [0.15, 0.2) is 12.3 Å². The second kappa shape index (κ2) is 6.22. The number of aromatic nitrogens is 3. The number of aliphatic carboxylic acids is 1. The summed E-state index contributed by atoms with van der Waals surface area (Å²) in [5, 5.41) is 17.2. The first-order valence-electron chi connectivity index (χ1n) is 8.27. The summed E-state index contributed by atoms with van der Waals surface area (Å²) >= 11 is 0. The van der Waals surface area contributed by atoms with E-state index >= 15 is 0 Å². The van der Waals surface area contributed by atoms with Gasteiger partial charge in [-0.05, 0) is 39.7 Å². The number of nitrogens with one attached hydrogen (secondary N) is 1. The molecule has 2 N–H and O–H groups in total. The summed E-state index contributed by atoms with van der Waals surface area (Å²) in [5.74, 6) is -1.62. The summed E-state index contributed by atoms with van der Waals surface area (Å²) in [7, 11) is 0. The summed E-state index contributed by atoms with van der Waals surface area (Å²) in [6.45, 7) is 5.84. The lowest BCUT2D eigenvalue weighted by molar-refractivity contribution is -0.142. The second-order valence-electron chi connectivity index (χ2n) is 6.67. The average Bonchev–Trinajstić information content (AvgIpc) is 3.12. The number of amides is 1. The molecule has 2 aromatic heterocycles. The fourth-order valence-electron chi connectivity index (χ4n) is 3.35. The molecule has 1 aliphatic carbocycles. The van der Waals surface area contributed by atoms with Crippen LogP contribution in [0, 0.1) is 12.8 Å². The van der Waals surface area contributed by atoms with Crippen molar-refractivity contribution in [2.45, 2.75) is 52.1 Å². The largest absolute Gasteiger partial charge is 0.481 e. The number of hydrogen-bond donors (Lipinski definition) is 2. The Bertz CT molecular complexity index is 796. The topological polar surface area (TPSA) is 97.1 Å². The van der Waals surface area contributed by atoms with Gasteiger partial charge in [-0.1, -0.05) is 6.42 Å². The van der Waals surface area contributed by atoms with Crippen LogP contribution in [0.25, 0.3) is 11.0 Å². The van der Waals surface area contributed by atoms with Crippen molar-refractivity contribution >= 4 is 22.9 Å². The maximum atomic E-state index is 12.6. The highest BCUT2D eigenvalue weighted by Crippen LogP contribution is 2.26. The van der Waals surface area contributed by atoms with Crippen molar-refractivity contribution in [1.29, 1.82) is 0 Å². The smallest absolute Gasteiger partial charge is 0.308 e. The van der Waals surface area contributed by atoms with E-state index in [0.717, 1.165) is 17.5 Å². The quantitative estimate of drug-likeness (QED) is 0.896. The zero-order chi connectivity index (χ0) is 17.4. The lowest BCUT2D eigenvalue weighted by atomic mass is 10.0. The van der Waals surface area contributed by atoms with E-state index in [2.05, 4.69) is 15.4 Å². The van der Waals surface area contributed by atoms with Gasteiger partial charge in [0, 0.05) is 17.5 Å². The van der Waals surface area contributed by atoms with Crippen LogP contribution in [0.4, 0.5) is 0 Å². The molecule has 1 aliphatic rings. The number of carboxylic acids is 1. The number of carbonyl (C=O) groups excluding carboxylic acids is 1. The van der Waals surface area contributed by atoms with Gasteiger partial charge >= 0.3 is 5.97 Å². The van der Waals surface area contributed by atoms with Crippen LogP contribution in [0.1, 0.15) is 55.2 Å². The van der Waals surface area contributed by atoms with Gasteiger partial charge in [0.15, 0.2) is 5.65 Å². The molecule has 1 fully saturated rings. The second-order valence-corrected chi connectivity index (χ2v) is 6.67. The van der Waals surface area contributed by atoms with Crippen molar-refractivity contribution in [3.05, 3.63) is 23.5 Å². The van der Waals surface area contributed by atoms with Crippen LogP contribution in [0.3, 0.4) is 0 Å². The summed E-state index contributed by atoms with van der Waals surface area (Å²) in [6.07, 6.45) is 3.83. The van der Waals surface area contributed by atoms with Gasteiger partial charge in [-0.25, -0.2) is 9.67 Å². The van der Waals surface area contributed by atoms with Crippen LogP contribution >= 0.6 is 0 Å². The van der Waals surface area contributed by atoms with Crippen molar-refractivity contribution in [3.63, 3.8) is 0 Å². The molecule has 0 spiro atoms. The van der Waals surface area contributed by atoms with E-state index in [0.29, 0.717) is 24.1 Å². The minimum absolute atomic E-state index is 0.184. The fraction of sp³-hybridized carbons (Fsp3) is 0.529. The number of aryl methyl sites for hydroxylation is 1. The van der Waals surface area contributed by atoms with Gasteiger partial charge in [-0.2, -0.15) is 5.10 Å². The Balaban J connectivity index is 1.87. The highest BCUT2D eigenvalue weighted by atomic mass is 16.4. The minimum atomic E-state index is -0.846. The van der Waals surface area contributed by atoms with Gasteiger partial charge in [0.05, 0.1) is 23.4 Å². The van der Waals surface area contributed by atoms with Crippen molar-refractivity contribution in [2.24, 2.45) is 5.92 Å². The summed E-state index contributed by atoms with van der Waals surface area (Å²) in [4.78, 5) is 28.4. The molecule has 0 aliphatic heterocycles. The Morgan fingerprint density at radius 2 is 2.12 bits per heavy atom. The van der Waals surface area contributed by atoms with Gasteiger partial charge in [0.25, 0.3) is 5.91 Å². The third-order valence-electron chi connectivity index (χ3n) is 4.64. The standard InChI is InChI=1S/C17H22N4O3/c1-9(2)21-15-11(8-18-21)7-13(10(3)19-15)16(22)20-14-6-4-5-12(14)17(23)24/h7-9,12,14H,4-6H2,1-3H3,(H,20,22)(H,23,24)/t12-,14+/m0/s1. The highest BCUT2D eigenvalue weighted by Gasteiger charge is 2.34.